The quantitative estimate of drug-likeness (QED) is 0.269. The molecule has 3 aromatic carbocycles. The molecule has 0 amide bonds. The summed E-state index contributed by atoms with van der Waals surface area (Å²) in [4.78, 5) is 6.15. The maximum Gasteiger partial charge on any atom is 0.122 e. The zero-order valence-electron chi connectivity index (χ0n) is 16.0. The lowest BCUT2D eigenvalue weighted by atomic mass is 10.2. The Hall–Kier alpha value is -2.72. The van der Waals surface area contributed by atoms with Gasteiger partial charge in [-0.1, -0.05) is 48.5 Å². The minimum atomic E-state index is 0.697. The fourth-order valence-electron chi connectivity index (χ4n) is 3.27. The third-order valence-electron chi connectivity index (χ3n) is 4.72. The Kier molecular flexibility index (Phi) is 5.98. The molecule has 3 nitrogen and oxygen atoms in total. The van der Waals surface area contributed by atoms with Crippen molar-refractivity contribution in [2.45, 2.75) is 30.5 Å². The number of aromatic nitrogens is 2. The SMILES string of the molecule is Cc1ccccc1OCCCn1c(CSc2ccccc2)nc2ccccc21. The fourth-order valence-corrected chi connectivity index (χ4v) is 4.14. The first-order chi connectivity index (χ1) is 13.8. The maximum atomic E-state index is 5.98. The first-order valence-corrected chi connectivity index (χ1v) is 10.6. The van der Waals surface area contributed by atoms with Gasteiger partial charge < -0.3 is 9.30 Å². The molecule has 0 saturated carbocycles. The third-order valence-corrected chi connectivity index (χ3v) is 5.73. The number of fused-ring (bicyclic) bond motifs is 1. The highest BCUT2D eigenvalue weighted by atomic mass is 32.2. The predicted molar refractivity (Wildman–Crippen MR) is 117 cm³/mol. The summed E-state index contributed by atoms with van der Waals surface area (Å²) < 4.78 is 8.32. The van der Waals surface area contributed by atoms with Crippen molar-refractivity contribution in [3.63, 3.8) is 0 Å². The van der Waals surface area contributed by atoms with Crippen LogP contribution in [0.2, 0.25) is 0 Å². The maximum absolute atomic E-state index is 5.98. The molecule has 1 heterocycles. The molecule has 4 heteroatoms. The fraction of sp³-hybridized carbons (Fsp3) is 0.208. The number of imidazole rings is 1. The van der Waals surface area contributed by atoms with Crippen molar-refractivity contribution >= 4 is 22.8 Å². The van der Waals surface area contributed by atoms with Crippen molar-refractivity contribution in [3.8, 4) is 5.75 Å². The van der Waals surface area contributed by atoms with Gasteiger partial charge in [-0.15, -0.1) is 11.8 Å². The molecule has 0 saturated heterocycles. The van der Waals surface area contributed by atoms with E-state index < -0.39 is 0 Å². The smallest absolute Gasteiger partial charge is 0.122 e. The molecule has 1 aromatic heterocycles. The molecular weight excluding hydrogens is 364 g/mol. The summed E-state index contributed by atoms with van der Waals surface area (Å²) >= 11 is 1.83. The van der Waals surface area contributed by atoms with Crippen LogP contribution in [0, 0.1) is 6.92 Å². The third kappa shape index (κ3) is 4.39. The second kappa shape index (κ2) is 8.98. The normalized spacial score (nSPS) is 11.0. The summed E-state index contributed by atoms with van der Waals surface area (Å²) in [6.07, 6.45) is 0.942. The van der Waals surface area contributed by atoms with Crippen LogP contribution in [0.15, 0.2) is 83.8 Å². The second-order valence-corrected chi connectivity index (χ2v) is 7.79. The second-order valence-electron chi connectivity index (χ2n) is 6.74. The standard InChI is InChI=1S/C24H24N2OS/c1-19-10-5-8-15-23(19)27-17-9-16-26-22-14-7-6-13-21(22)25-24(26)18-28-20-11-3-2-4-12-20/h2-8,10-15H,9,16-18H2,1H3. The highest BCUT2D eigenvalue weighted by Gasteiger charge is 2.11. The van der Waals surface area contributed by atoms with Gasteiger partial charge in [0, 0.05) is 11.4 Å². The Labute approximate surface area is 170 Å². The highest BCUT2D eigenvalue weighted by molar-refractivity contribution is 7.98. The summed E-state index contributed by atoms with van der Waals surface area (Å²) in [7, 11) is 0. The lowest BCUT2D eigenvalue weighted by Gasteiger charge is -2.11. The molecule has 28 heavy (non-hydrogen) atoms. The van der Waals surface area contributed by atoms with Gasteiger partial charge in [0.05, 0.1) is 23.4 Å². The van der Waals surface area contributed by atoms with Crippen LogP contribution in [0.25, 0.3) is 11.0 Å². The summed E-state index contributed by atoms with van der Waals surface area (Å²) in [6.45, 7) is 3.68. The largest absolute Gasteiger partial charge is 0.493 e. The summed E-state index contributed by atoms with van der Waals surface area (Å²) in [5, 5.41) is 0. The monoisotopic (exact) mass is 388 g/mol. The number of nitrogens with zero attached hydrogens (tertiary/aromatic N) is 2. The van der Waals surface area contributed by atoms with E-state index in [1.807, 2.05) is 36.0 Å². The van der Waals surface area contributed by atoms with Gasteiger partial charge in [0.2, 0.25) is 0 Å². The molecule has 0 atom stereocenters. The van der Waals surface area contributed by atoms with E-state index in [-0.39, 0.29) is 0 Å². The minimum Gasteiger partial charge on any atom is -0.493 e. The Morgan fingerprint density at radius 2 is 1.64 bits per heavy atom. The van der Waals surface area contributed by atoms with E-state index >= 15 is 0 Å². The van der Waals surface area contributed by atoms with E-state index in [9.17, 15) is 0 Å². The van der Waals surface area contributed by atoms with E-state index in [0.29, 0.717) is 6.61 Å². The first kappa shape index (κ1) is 18.6. The van der Waals surface area contributed by atoms with Crippen molar-refractivity contribution in [1.82, 2.24) is 9.55 Å². The lowest BCUT2D eigenvalue weighted by molar-refractivity contribution is 0.300. The number of benzene rings is 3. The Morgan fingerprint density at radius 1 is 0.893 bits per heavy atom. The van der Waals surface area contributed by atoms with Gasteiger partial charge in [-0.3, -0.25) is 0 Å². The Bertz CT molecular complexity index is 1040. The van der Waals surface area contributed by atoms with Crippen molar-refractivity contribution in [2.75, 3.05) is 6.61 Å². The minimum absolute atomic E-state index is 0.697. The number of hydrogen-bond acceptors (Lipinski definition) is 3. The van der Waals surface area contributed by atoms with E-state index in [0.717, 1.165) is 35.8 Å². The van der Waals surface area contributed by atoms with E-state index in [4.69, 9.17) is 9.72 Å². The molecule has 0 radical (unpaired) electrons. The lowest BCUT2D eigenvalue weighted by Crippen LogP contribution is -2.08. The molecule has 0 aliphatic carbocycles. The van der Waals surface area contributed by atoms with Gasteiger partial charge in [-0.25, -0.2) is 4.98 Å². The van der Waals surface area contributed by atoms with Crippen LogP contribution < -0.4 is 4.74 Å². The van der Waals surface area contributed by atoms with Gasteiger partial charge in [0.1, 0.15) is 11.6 Å². The van der Waals surface area contributed by atoms with Gasteiger partial charge in [0.15, 0.2) is 0 Å². The molecule has 0 unspecified atom stereocenters. The van der Waals surface area contributed by atoms with Crippen LogP contribution in [0.4, 0.5) is 0 Å². The molecule has 0 fully saturated rings. The zero-order valence-corrected chi connectivity index (χ0v) is 16.9. The number of hydrogen-bond donors (Lipinski definition) is 0. The van der Waals surface area contributed by atoms with Crippen molar-refractivity contribution < 1.29 is 4.74 Å². The average molecular weight is 389 g/mol. The van der Waals surface area contributed by atoms with Gasteiger partial charge in [-0.2, -0.15) is 0 Å². The summed E-state index contributed by atoms with van der Waals surface area (Å²) in [5.41, 5.74) is 3.43. The number of ether oxygens (including phenoxy) is 1. The topological polar surface area (TPSA) is 27.1 Å². The van der Waals surface area contributed by atoms with E-state index in [2.05, 4.69) is 66.1 Å². The van der Waals surface area contributed by atoms with Crippen LogP contribution in [-0.2, 0) is 12.3 Å². The first-order valence-electron chi connectivity index (χ1n) is 9.62. The molecule has 0 bridgehead atoms. The van der Waals surface area contributed by atoms with Crippen LogP contribution in [-0.4, -0.2) is 16.2 Å². The van der Waals surface area contributed by atoms with Crippen LogP contribution in [0.5, 0.6) is 5.75 Å². The van der Waals surface area contributed by atoms with E-state index in [1.165, 1.54) is 16.0 Å². The van der Waals surface area contributed by atoms with Gasteiger partial charge in [-0.05, 0) is 49.2 Å². The molecular formula is C24H24N2OS. The molecule has 0 aliphatic heterocycles. The molecule has 0 N–H and O–H groups in total. The Morgan fingerprint density at radius 3 is 2.50 bits per heavy atom. The molecule has 4 aromatic rings. The molecule has 4 rings (SSSR count). The van der Waals surface area contributed by atoms with Gasteiger partial charge in [0.25, 0.3) is 0 Å². The van der Waals surface area contributed by atoms with Crippen LogP contribution in [0.3, 0.4) is 0 Å². The number of thioether (sulfide) groups is 1. The summed E-state index contributed by atoms with van der Waals surface area (Å²) in [5.74, 6) is 2.95. The molecule has 0 aliphatic rings. The van der Waals surface area contributed by atoms with Crippen LogP contribution >= 0.6 is 11.8 Å². The highest BCUT2D eigenvalue weighted by Crippen LogP contribution is 2.25. The predicted octanol–water partition coefficient (Wildman–Crippen LogP) is 6.11. The molecule has 0 spiro atoms. The number of rotatable bonds is 8. The van der Waals surface area contributed by atoms with Crippen molar-refractivity contribution in [2.24, 2.45) is 0 Å². The van der Waals surface area contributed by atoms with Crippen LogP contribution in [0.1, 0.15) is 17.8 Å². The summed E-state index contributed by atoms with van der Waals surface area (Å²) in [6, 6.07) is 27.0. The number of para-hydroxylation sites is 3. The zero-order chi connectivity index (χ0) is 19.2. The van der Waals surface area contributed by atoms with Gasteiger partial charge >= 0.3 is 0 Å². The molecule has 142 valence electrons. The van der Waals surface area contributed by atoms with E-state index in [1.54, 1.807) is 0 Å². The average Bonchev–Trinajstić information content (AvgIpc) is 3.09. The van der Waals surface area contributed by atoms with Crippen molar-refractivity contribution in [1.29, 1.82) is 0 Å². The Balaban J connectivity index is 1.45. The van der Waals surface area contributed by atoms with Crippen molar-refractivity contribution in [3.05, 3.63) is 90.3 Å². The number of aryl methyl sites for hydroxylation is 2.